The number of Topliss-reactive ketones (excluding diaryl/α,β-unsaturated/α-hetero) is 1. The third-order valence-electron chi connectivity index (χ3n) is 1.91. The number of hydrogen-bond donors (Lipinski definition) is 0. The molecule has 0 bridgehead atoms. The maximum Gasteiger partial charge on any atom is 0.171 e. The Kier molecular flexibility index (Phi) is 4.44. The van der Waals surface area contributed by atoms with Crippen LogP contribution in [0.15, 0.2) is 18.2 Å². The van der Waals surface area contributed by atoms with Crippen LogP contribution in [0.5, 0.6) is 0 Å². The predicted octanol–water partition coefficient (Wildman–Crippen LogP) is 4.92. The zero-order chi connectivity index (χ0) is 12.3. The summed E-state index contributed by atoms with van der Waals surface area (Å²) in [6, 6.07) is 4.32. The summed E-state index contributed by atoms with van der Waals surface area (Å²) in [7, 11) is 0. The molecule has 0 N–H and O–H groups in total. The minimum Gasteiger partial charge on any atom is -0.294 e. The van der Waals surface area contributed by atoms with Gasteiger partial charge in [0.1, 0.15) is 5.82 Å². The SMILES string of the molecule is CC.CC(=O)c1sc2cc(F)ccc2c1Cl. The molecular formula is C12H12ClFOS. The molecule has 1 nitrogen and oxygen atoms in total. The van der Waals surface area contributed by atoms with Gasteiger partial charge in [0.15, 0.2) is 5.78 Å². The molecule has 0 radical (unpaired) electrons. The minimum absolute atomic E-state index is 0.0865. The number of benzene rings is 1. The van der Waals surface area contributed by atoms with Crippen LogP contribution in [0.25, 0.3) is 10.1 Å². The summed E-state index contributed by atoms with van der Waals surface area (Å²) in [4.78, 5) is 11.6. The number of rotatable bonds is 1. The average molecular weight is 259 g/mol. The first-order valence-electron chi connectivity index (χ1n) is 4.98. The number of thiophene rings is 1. The molecule has 2 aromatic rings. The zero-order valence-corrected chi connectivity index (χ0v) is 10.9. The van der Waals surface area contributed by atoms with E-state index in [1.54, 1.807) is 6.07 Å². The second kappa shape index (κ2) is 5.41. The van der Waals surface area contributed by atoms with Crippen molar-refractivity contribution in [3.63, 3.8) is 0 Å². The number of ketones is 1. The highest BCUT2D eigenvalue weighted by Crippen LogP contribution is 2.35. The van der Waals surface area contributed by atoms with Crippen molar-refractivity contribution in [3.8, 4) is 0 Å². The standard InChI is InChI=1S/C10H6ClFOS.C2H6/c1-5(13)10-9(11)7-3-2-6(12)4-8(7)14-10;1-2/h2-4H,1H3;1-2H3. The Morgan fingerprint density at radius 1 is 1.38 bits per heavy atom. The van der Waals surface area contributed by atoms with Gasteiger partial charge in [0.2, 0.25) is 0 Å². The third kappa shape index (κ3) is 2.42. The van der Waals surface area contributed by atoms with Crippen molar-refractivity contribution < 1.29 is 9.18 Å². The molecule has 0 saturated heterocycles. The second-order valence-electron chi connectivity index (χ2n) is 2.94. The number of carbonyl (C=O) groups is 1. The fourth-order valence-electron chi connectivity index (χ4n) is 1.27. The highest BCUT2D eigenvalue weighted by Gasteiger charge is 2.13. The van der Waals surface area contributed by atoms with Crippen molar-refractivity contribution in [3.05, 3.63) is 33.9 Å². The van der Waals surface area contributed by atoms with Crippen LogP contribution in [0.3, 0.4) is 0 Å². The van der Waals surface area contributed by atoms with Crippen molar-refractivity contribution in [2.24, 2.45) is 0 Å². The fraction of sp³-hybridized carbons (Fsp3) is 0.250. The Balaban J connectivity index is 0.000000606. The Hall–Kier alpha value is -0.930. The zero-order valence-electron chi connectivity index (χ0n) is 9.30. The molecule has 0 saturated carbocycles. The molecule has 1 aromatic heterocycles. The second-order valence-corrected chi connectivity index (χ2v) is 4.37. The first-order valence-corrected chi connectivity index (χ1v) is 6.17. The molecule has 0 amide bonds. The van der Waals surface area contributed by atoms with Gasteiger partial charge in [-0.25, -0.2) is 4.39 Å². The van der Waals surface area contributed by atoms with Crippen molar-refractivity contribution >= 4 is 38.8 Å². The molecule has 0 aliphatic carbocycles. The molecule has 1 aromatic carbocycles. The number of halogens is 2. The lowest BCUT2D eigenvalue weighted by Crippen LogP contribution is -1.85. The summed E-state index contributed by atoms with van der Waals surface area (Å²) in [5.41, 5.74) is 0. The third-order valence-corrected chi connectivity index (χ3v) is 3.67. The van der Waals surface area contributed by atoms with Gasteiger partial charge in [0, 0.05) is 17.0 Å². The van der Waals surface area contributed by atoms with Crippen LogP contribution in [-0.4, -0.2) is 5.78 Å². The fourth-order valence-corrected chi connectivity index (χ4v) is 2.75. The largest absolute Gasteiger partial charge is 0.294 e. The van der Waals surface area contributed by atoms with Crippen molar-refractivity contribution in [1.29, 1.82) is 0 Å². The van der Waals surface area contributed by atoms with Gasteiger partial charge in [0.25, 0.3) is 0 Å². The lowest BCUT2D eigenvalue weighted by molar-refractivity contribution is 0.102. The maximum absolute atomic E-state index is 12.9. The quantitative estimate of drug-likeness (QED) is 0.664. The molecule has 4 heteroatoms. The van der Waals surface area contributed by atoms with E-state index in [1.165, 1.54) is 30.4 Å². The highest BCUT2D eigenvalue weighted by molar-refractivity contribution is 7.21. The molecule has 1 heterocycles. The Labute approximate surface area is 103 Å². The summed E-state index contributed by atoms with van der Waals surface area (Å²) in [6.07, 6.45) is 0. The first kappa shape index (κ1) is 13.1. The first-order chi connectivity index (χ1) is 7.59. The van der Waals surface area contributed by atoms with E-state index >= 15 is 0 Å². The van der Waals surface area contributed by atoms with Crippen molar-refractivity contribution in [2.45, 2.75) is 20.8 Å². The molecule has 0 atom stereocenters. The van der Waals surface area contributed by atoms with Gasteiger partial charge in [-0.2, -0.15) is 0 Å². The summed E-state index contributed by atoms with van der Waals surface area (Å²) >= 11 is 7.20. The number of fused-ring (bicyclic) bond motifs is 1. The number of hydrogen-bond acceptors (Lipinski definition) is 2. The van der Waals surface area contributed by atoms with Gasteiger partial charge >= 0.3 is 0 Å². The van der Waals surface area contributed by atoms with Crippen molar-refractivity contribution in [1.82, 2.24) is 0 Å². The van der Waals surface area contributed by atoms with Crippen LogP contribution in [0.4, 0.5) is 4.39 Å². The Morgan fingerprint density at radius 3 is 2.56 bits per heavy atom. The molecule has 16 heavy (non-hydrogen) atoms. The van der Waals surface area contributed by atoms with E-state index in [-0.39, 0.29) is 11.6 Å². The molecule has 0 aliphatic rings. The molecule has 0 aliphatic heterocycles. The minimum atomic E-state index is -0.314. The van der Waals surface area contributed by atoms with Crippen LogP contribution in [0.1, 0.15) is 30.4 Å². The topological polar surface area (TPSA) is 17.1 Å². The van der Waals surface area contributed by atoms with E-state index in [0.29, 0.717) is 14.6 Å². The van der Waals surface area contributed by atoms with Crippen LogP contribution in [-0.2, 0) is 0 Å². The smallest absolute Gasteiger partial charge is 0.171 e. The Bertz CT molecular complexity index is 519. The molecular weight excluding hydrogens is 247 g/mol. The summed E-state index contributed by atoms with van der Waals surface area (Å²) in [5, 5.41) is 1.17. The van der Waals surface area contributed by atoms with Crippen molar-refractivity contribution in [2.75, 3.05) is 0 Å². The molecule has 86 valence electrons. The monoisotopic (exact) mass is 258 g/mol. The summed E-state index contributed by atoms with van der Waals surface area (Å²) in [5.74, 6) is -0.401. The van der Waals surface area contributed by atoms with E-state index < -0.39 is 0 Å². The van der Waals surface area contributed by atoms with E-state index in [9.17, 15) is 9.18 Å². The van der Waals surface area contributed by atoms with E-state index in [2.05, 4.69) is 0 Å². The van der Waals surface area contributed by atoms with Crippen LogP contribution in [0.2, 0.25) is 5.02 Å². The van der Waals surface area contributed by atoms with Gasteiger partial charge < -0.3 is 0 Å². The van der Waals surface area contributed by atoms with Gasteiger partial charge in [-0.1, -0.05) is 25.4 Å². The molecule has 0 spiro atoms. The van der Waals surface area contributed by atoms with Gasteiger partial charge in [-0.3, -0.25) is 4.79 Å². The summed E-state index contributed by atoms with van der Waals surface area (Å²) < 4.78 is 13.6. The van der Waals surface area contributed by atoms with Crippen LogP contribution >= 0.6 is 22.9 Å². The van der Waals surface area contributed by atoms with E-state index in [0.717, 1.165) is 5.39 Å². The van der Waals surface area contributed by atoms with Crippen LogP contribution in [0, 0.1) is 5.82 Å². The number of carbonyl (C=O) groups excluding carboxylic acids is 1. The predicted molar refractivity (Wildman–Crippen MR) is 68.1 cm³/mol. The van der Waals surface area contributed by atoms with Gasteiger partial charge in [0.05, 0.1) is 9.90 Å². The maximum atomic E-state index is 12.9. The van der Waals surface area contributed by atoms with E-state index in [4.69, 9.17) is 11.6 Å². The Morgan fingerprint density at radius 2 is 2.00 bits per heavy atom. The van der Waals surface area contributed by atoms with Gasteiger partial charge in [-0.15, -0.1) is 11.3 Å². The van der Waals surface area contributed by atoms with E-state index in [1.807, 2.05) is 13.8 Å². The molecule has 0 unspecified atom stereocenters. The average Bonchev–Trinajstić information content (AvgIpc) is 2.58. The molecule has 0 fully saturated rings. The molecule has 2 rings (SSSR count). The van der Waals surface area contributed by atoms with Gasteiger partial charge in [-0.05, 0) is 18.2 Å². The van der Waals surface area contributed by atoms with Crippen LogP contribution < -0.4 is 0 Å². The lowest BCUT2D eigenvalue weighted by Gasteiger charge is -1.90. The summed E-state index contributed by atoms with van der Waals surface area (Å²) in [6.45, 7) is 5.45. The lowest BCUT2D eigenvalue weighted by atomic mass is 10.2. The highest BCUT2D eigenvalue weighted by atomic mass is 35.5. The normalized spacial score (nSPS) is 9.81.